The zero-order chi connectivity index (χ0) is 35.5. The van der Waals surface area contributed by atoms with Crippen LogP contribution in [0, 0.1) is 5.82 Å². The number of benzene rings is 3. The van der Waals surface area contributed by atoms with Crippen LogP contribution in [0.3, 0.4) is 0 Å². The summed E-state index contributed by atoms with van der Waals surface area (Å²) in [6.45, 7) is 5.77. The summed E-state index contributed by atoms with van der Waals surface area (Å²) in [4.78, 5) is 27.2. The molecule has 9 nitrogen and oxygen atoms in total. The molecule has 2 aliphatic heterocycles. The summed E-state index contributed by atoms with van der Waals surface area (Å²) in [5.41, 5.74) is 3.09. The Bertz CT molecular complexity index is 1920. The van der Waals surface area contributed by atoms with E-state index in [1.54, 1.807) is 6.07 Å². The van der Waals surface area contributed by atoms with Crippen LogP contribution >= 0.6 is 0 Å². The van der Waals surface area contributed by atoms with E-state index in [1.807, 2.05) is 17.0 Å². The van der Waals surface area contributed by atoms with Gasteiger partial charge in [-0.3, -0.25) is 9.69 Å². The number of aryl methyl sites for hydroxylation is 1. The minimum atomic E-state index is -4.49. The minimum Gasteiger partial charge on any atom is -0.349 e. The summed E-state index contributed by atoms with van der Waals surface area (Å²) in [6, 6.07) is 18.2. The standard InChI is InChI=1S/C36H38F4N6O3S/c1-2-25-6-3-4-7-27(25)24-44-18-20-45(21-19-44)35-42-30(22-32(43-35)26-9-11-28(12-10-26)36(38,39)40)23-41-34(47)33-8-5-17-46(33)50(48,49)31-15-13-29(37)14-16-31/h3-4,6-7,9-16,22,33H,2,5,8,17-21,23-24H2,1H3,(H,41,47). The number of amides is 1. The SMILES string of the molecule is CCc1ccccc1CN1CCN(c2nc(CNC(=O)C3CCCN3S(=O)(=O)c3ccc(F)cc3)cc(-c3ccc(C(F)(F)F)cc3)n2)CC1. The van der Waals surface area contributed by atoms with Crippen LogP contribution in [0.1, 0.15) is 42.1 Å². The topological polar surface area (TPSA) is 98.7 Å². The molecule has 14 heteroatoms. The first kappa shape index (κ1) is 35.4. The molecular weight excluding hydrogens is 672 g/mol. The van der Waals surface area contributed by atoms with Gasteiger partial charge in [0.2, 0.25) is 21.9 Å². The summed E-state index contributed by atoms with van der Waals surface area (Å²) in [5, 5.41) is 2.82. The molecule has 1 atom stereocenters. The molecule has 3 heterocycles. The van der Waals surface area contributed by atoms with Crippen LogP contribution in [-0.4, -0.2) is 72.3 Å². The van der Waals surface area contributed by atoms with Crippen molar-refractivity contribution in [1.29, 1.82) is 0 Å². The van der Waals surface area contributed by atoms with Gasteiger partial charge in [-0.15, -0.1) is 0 Å². The first-order valence-corrected chi connectivity index (χ1v) is 18.0. The molecule has 0 radical (unpaired) electrons. The third kappa shape index (κ3) is 7.98. The van der Waals surface area contributed by atoms with Crippen LogP contribution in [0.4, 0.5) is 23.5 Å². The van der Waals surface area contributed by atoms with Gasteiger partial charge in [-0.05, 0) is 72.9 Å². The number of aromatic nitrogens is 2. The van der Waals surface area contributed by atoms with E-state index >= 15 is 0 Å². The molecule has 6 rings (SSSR count). The van der Waals surface area contributed by atoms with Gasteiger partial charge in [-0.2, -0.15) is 17.5 Å². The monoisotopic (exact) mass is 710 g/mol. The van der Waals surface area contributed by atoms with Crippen LogP contribution in [0.2, 0.25) is 0 Å². The lowest BCUT2D eigenvalue weighted by molar-refractivity contribution is -0.137. The molecular formula is C36H38F4N6O3S. The number of sulfonamides is 1. The maximum atomic E-state index is 13.5. The van der Waals surface area contributed by atoms with E-state index in [2.05, 4.69) is 29.3 Å². The Labute approximate surface area is 289 Å². The Kier molecular flexibility index (Phi) is 10.5. The third-order valence-corrected chi connectivity index (χ3v) is 11.1. The molecule has 50 heavy (non-hydrogen) atoms. The molecule has 4 aromatic rings. The fourth-order valence-electron chi connectivity index (χ4n) is 6.42. The van der Waals surface area contributed by atoms with E-state index in [4.69, 9.17) is 9.97 Å². The molecule has 1 N–H and O–H groups in total. The summed E-state index contributed by atoms with van der Waals surface area (Å²) < 4.78 is 81.1. The Balaban J connectivity index is 1.20. The van der Waals surface area contributed by atoms with Crippen molar-refractivity contribution in [2.75, 3.05) is 37.6 Å². The fourth-order valence-corrected chi connectivity index (χ4v) is 8.08. The van der Waals surface area contributed by atoms with Crippen molar-refractivity contribution in [2.45, 2.75) is 56.4 Å². The van der Waals surface area contributed by atoms with Gasteiger partial charge < -0.3 is 10.2 Å². The lowest BCUT2D eigenvalue weighted by Gasteiger charge is -2.35. The van der Waals surface area contributed by atoms with Gasteiger partial charge >= 0.3 is 6.18 Å². The lowest BCUT2D eigenvalue weighted by Crippen LogP contribution is -2.47. The predicted molar refractivity (Wildman–Crippen MR) is 181 cm³/mol. The molecule has 2 saturated heterocycles. The maximum absolute atomic E-state index is 13.5. The average molecular weight is 711 g/mol. The maximum Gasteiger partial charge on any atom is 0.416 e. The molecule has 1 aromatic heterocycles. The first-order chi connectivity index (χ1) is 23.9. The molecule has 0 bridgehead atoms. The van der Waals surface area contributed by atoms with Crippen molar-refractivity contribution in [3.63, 3.8) is 0 Å². The normalized spacial score (nSPS) is 17.6. The number of halogens is 4. The highest BCUT2D eigenvalue weighted by Gasteiger charge is 2.39. The van der Waals surface area contributed by atoms with Gasteiger partial charge in [0, 0.05) is 44.8 Å². The number of nitrogens with zero attached hydrogens (tertiary/aromatic N) is 5. The molecule has 0 saturated carbocycles. The van der Waals surface area contributed by atoms with Gasteiger partial charge in [0.05, 0.1) is 28.4 Å². The molecule has 1 unspecified atom stereocenters. The average Bonchev–Trinajstić information content (AvgIpc) is 3.63. The van der Waals surface area contributed by atoms with Crippen molar-refractivity contribution in [1.82, 2.24) is 24.5 Å². The molecule has 0 spiro atoms. The second kappa shape index (κ2) is 14.8. The zero-order valence-corrected chi connectivity index (χ0v) is 28.4. The molecule has 0 aliphatic carbocycles. The summed E-state index contributed by atoms with van der Waals surface area (Å²) >= 11 is 0. The van der Waals surface area contributed by atoms with Crippen LogP contribution in [0.15, 0.2) is 83.8 Å². The largest absolute Gasteiger partial charge is 0.416 e. The third-order valence-electron chi connectivity index (χ3n) is 9.19. The Hall–Kier alpha value is -4.40. The number of carbonyl (C=O) groups excluding carboxylic acids is 1. The van der Waals surface area contributed by atoms with E-state index < -0.39 is 39.5 Å². The van der Waals surface area contributed by atoms with Crippen LogP contribution in [-0.2, 0) is 40.5 Å². The van der Waals surface area contributed by atoms with E-state index in [0.717, 1.165) is 54.6 Å². The van der Waals surface area contributed by atoms with Gasteiger partial charge in [-0.1, -0.05) is 43.3 Å². The van der Waals surface area contributed by atoms with Gasteiger partial charge in [0.1, 0.15) is 11.9 Å². The van der Waals surface area contributed by atoms with E-state index in [0.29, 0.717) is 48.8 Å². The van der Waals surface area contributed by atoms with Gasteiger partial charge in [-0.25, -0.2) is 22.8 Å². The first-order valence-electron chi connectivity index (χ1n) is 16.6. The molecule has 264 valence electrons. The highest BCUT2D eigenvalue weighted by molar-refractivity contribution is 7.89. The molecule has 3 aromatic carbocycles. The summed E-state index contributed by atoms with van der Waals surface area (Å²) in [6.07, 6.45) is -2.75. The highest BCUT2D eigenvalue weighted by atomic mass is 32.2. The predicted octanol–water partition coefficient (Wildman–Crippen LogP) is 5.66. The van der Waals surface area contributed by atoms with E-state index in [1.165, 1.54) is 35.4 Å². The quantitative estimate of drug-likeness (QED) is 0.213. The Morgan fingerprint density at radius 3 is 2.24 bits per heavy atom. The summed E-state index contributed by atoms with van der Waals surface area (Å²) in [7, 11) is -4.05. The van der Waals surface area contributed by atoms with Crippen molar-refractivity contribution in [3.8, 4) is 11.3 Å². The number of alkyl halides is 3. The van der Waals surface area contributed by atoms with E-state index in [-0.39, 0.29) is 18.0 Å². The summed E-state index contributed by atoms with van der Waals surface area (Å²) in [5.74, 6) is -0.689. The van der Waals surface area contributed by atoms with Gasteiger partial charge in [0.15, 0.2) is 0 Å². The van der Waals surface area contributed by atoms with Crippen molar-refractivity contribution in [3.05, 3.63) is 107 Å². The number of carbonyl (C=O) groups is 1. The number of hydrogen-bond donors (Lipinski definition) is 1. The number of piperazine rings is 1. The fraction of sp³-hybridized carbons (Fsp3) is 0.361. The lowest BCUT2D eigenvalue weighted by atomic mass is 10.0. The second-order valence-electron chi connectivity index (χ2n) is 12.5. The molecule has 1 amide bonds. The zero-order valence-electron chi connectivity index (χ0n) is 27.5. The van der Waals surface area contributed by atoms with E-state index in [9.17, 15) is 30.8 Å². The van der Waals surface area contributed by atoms with Crippen molar-refractivity contribution >= 4 is 21.9 Å². The smallest absolute Gasteiger partial charge is 0.349 e. The number of rotatable bonds is 10. The highest BCUT2D eigenvalue weighted by Crippen LogP contribution is 2.32. The van der Waals surface area contributed by atoms with Crippen molar-refractivity contribution in [2.24, 2.45) is 0 Å². The molecule has 2 aliphatic rings. The number of hydrogen-bond acceptors (Lipinski definition) is 7. The molecule has 2 fully saturated rings. The number of nitrogens with one attached hydrogen (secondary N) is 1. The van der Waals surface area contributed by atoms with Gasteiger partial charge in [0.25, 0.3) is 0 Å². The van der Waals surface area contributed by atoms with Crippen LogP contribution < -0.4 is 10.2 Å². The van der Waals surface area contributed by atoms with Crippen LogP contribution in [0.25, 0.3) is 11.3 Å². The second-order valence-corrected chi connectivity index (χ2v) is 14.3. The van der Waals surface area contributed by atoms with Crippen molar-refractivity contribution < 1.29 is 30.8 Å². The Morgan fingerprint density at radius 2 is 1.58 bits per heavy atom. The number of anilines is 1. The minimum absolute atomic E-state index is 0.0588. The Morgan fingerprint density at radius 1 is 0.900 bits per heavy atom. The van der Waals surface area contributed by atoms with Crippen LogP contribution in [0.5, 0.6) is 0 Å².